The van der Waals surface area contributed by atoms with Gasteiger partial charge in [-0.2, -0.15) is 11.8 Å². The standard InChI is InChI=1S/C14H29N3S/c1-11(2)16-6-5-14(9-15,10-16)17-7-8-18-13(4)12(17)3/h11-13H,5-10,15H2,1-4H3. The van der Waals surface area contributed by atoms with Gasteiger partial charge in [0.15, 0.2) is 0 Å². The first-order valence-electron chi connectivity index (χ1n) is 7.32. The number of rotatable bonds is 3. The molecule has 0 amide bonds. The van der Waals surface area contributed by atoms with E-state index in [4.69, 9.17) is 5.73 Å². The summed E-state index contributed by atoms with van der Waals surface area (Å²) in [5, 5.41) is 0.732. The fourth-order valence-corrected chi connectivity index (χ4v) is 4.55. The first-order chi connectivity index (χ1) is 8.50. The predicted molar refractivity (Wildman–Crippen MR) is 81.2 cm³/mol. The Bertz CT molecular complexity index is 284. The van der Waals surface area contributed by atoms with Gasteiger partial charge in [0.05, 0.1) is 0 Å². The van der Waals surface area contributed by atoms with E-state index in [1.54, 1.807) is 0 Å². The van der Waals surface area contributed by atoms with Gasteiger partial charge in [0.1, 0.15) is 0 Å². The van der Waals surface area contributed by atoms with E-state index < -0.39 is 0 Å². The van der Waals surface area contributed by atoms with Crippen LogP contribution in [-0.4, -0.2) is 64.6 Å². The molecule has 2 N–H and O–H groups in total. The Kier molecular flexibility index (Phi) is 4.63. The Morgan fingerprint density at radius 1 is 1.33 bits per heavy atom. The molecule has 2 aliphatic heterocycles. The summed E-state index contributed by atoms with van der Waals surface area (Å²) in [5.41, 5.74) is 6.43. The van der Waals surface area contributed by atoms with Gasteiger partial charge in [-0.05, 0) is 27.2 Å². The summed E-state index contributed by atoms with van der Waals surface area (Å²) in [7, 11) is 0. The number of thioether (sulfide) groups is 1. The molecule has 18 heavy (non-hydrogen) atoms. The Hall–Kier alpha value is 0.230. The van der Waals surface area contributed by atoms with Crippen LogP contribution in [0.4, 0.5) is 0 Å². The molecule has 3 atom stereocenters. The summed E-state index contributed by atoms with van der Waals surface area (Å²) >= 11 is 2.11. The van der Waals surface area contributed by atoms with Crippen LogP contribution in [0, 0.1) is 0 Å². The van der Waals surface area contributed by atoms with Crippen molar-refractivity contribution in [3.63, 3.8) is 0 Å². The molecule has 0 bridgehead atoms. The first kappa shape index (κ1) is 14.6. The van der Waals surface area contributed by atoms with Gasteiger partial charge in [-0.15, -0.1) is 0 Å². The Labute approximate surface area is 116 Å². The number of nitrogens with zero attached hydrogens (tertiary/aromatic N) is 2. The zero-order chi connectivity index (χ0) is 13.3. The Morgan fingerprint density at radius 3 is 2.61 bits per heavy atom. The summed E-state index contributed by atoms with van der Waals surface area (Å²) in [5.74, 6) is 1.26. The highest BCUT2D eigenvalue weighted by Crippen LogP contribution is 2.35. The molecule has 0 radical (unpaired) electrons. The molecule has 2 fully saturated rings. The van der Waals surface area contributed by atoms with Crippen LogP contribution in [0.25, 0.3) is 0 Å². The lowest BCUT2D eigenvalue weighted by atomic mass is 9.93. The molecule has 3 unspecified atom stereocenters. The lowest BCUT2D eigenvalue weighted by Crippen LogP contribution is -2.62. The molecule has 2 heterocycles. The summed E-state index contributed by atoms with van der Waals surface area (Å²) in [6, 6.07) is 1.30. The zero-order valence-corrected chi connectivity index (χ0v) is 13.2. The van der Waals surface area contributed by atoms with E-state index in [1.807, 2.05) is 0 Å². The van der Waals surface area contributed by atoms with Gasteiger partial charge < -0.3 is 5.73 Å². The summed E-state index contributed by atoms with van der Waals surface area (Å²) in [6.07, 6.45) is 1.24. The van der Waals surface area contributed by atoms with Crippen LogP contribution < -0.4 is 5.73 Å². The third kappa shape index (κ3) is 2.58. The summed E-state index contributed by atoms with van der Waals surface area (Å²) in [4.78, 5) is 5.31. The predicted octanol–water partition coefficient (Wildman–Crippen LogP) is 1.62. The lowest BCUT2D eigenvalue weighted by molar-refractivity contribution is 0.0598. The fraction of sp³-hybridized carbons (Fsp3) is 1.00. The van der Waals surface area contributed by atoms with E-state index in [0.717, 1.165) is 18.3 Å². The van der Waals surface area contributed by atoms with Crippen molar-refractivity contribution in [2.24, 2.45) is 5.73 Å². The normalized spacial score (nSPS) is 39.7. The van der Waals surface area contributed by atoms with Gasteiger partial charge in [-0.1, -0.05) is 6.92 Å². The second-order valence-electron chi connectivity index (χ2n) is 6.25. The smallest absolute Gasteiger partial charge is 0.0474 e. The summed E-state index contributed by atoms with van der Waals surface area (Å²) in [6.45, 7) is 13.7. The molecule has 2 aliphatic rings. The highest BCUT2D eigenvalue weighted by molar-refractivity contribution is 8.00. The topological polar surface area (TPSA) is 32.5 Å². The van der Waals surface area contributed by atoms with Crippen molar-refractivity contribution in [1.29, 1.82) is 0 Å². The first-order valence-corrected chi connectivity index (χ1v) is 8.37. The van der Waals surface area contributed by atoms with Crippen LogP contribution in [0.15, 0.2) is 0 Å². The SMILES string of the molecule is CC1SCCN(C2(CN)CCN(C(C)C)C2)C1C. The van der Waals surface area contributed by atoms with Gasteiger partial charge in [0.2, 0.25) is 0 Å². The quantitative estimate of drug-likeness (QED) is 0.845. The van der Waals surface area contributed by atoms with Gasteiger partial charge >= 0.3 is 0 Å². The Balaban J connectivity index is 2.13. The van der Waals surface area contributed by atoms with E-state index in [0.29, 0.717) is 12.1 Å². The minimum atomic E-state index is 0.235. The molecular weight excluding hydrogens is 242 g/mol. The molecule has 0 aromatic carbocycles. The van der Waals surface area contributed by atoms with Crippen molar-refractivity contribution < 1.29 is 0 Å². The number of hydrogen-bond donors (Lipinski definition) is 1. The average molecular weight is 271 g/mol. The molecule has 0 aromatic rings. The number of likely N-dealkylation sites (tertiary alicyclic amines) is 1. The van der Waals surface area contributed by atoms with Gasteiger partial charge in [0, 0.05) is 54.8 Å². The highest BCUT2D eigenvalue weighted by Gasteiger charge is 2.46. The second kappa shape index (κ2) is 5.70. The molecule has 2 rings (SSSR count). The zero-order valence-electron chi connectivity index (χ0n) is 12.4. The van der Waals surface area contributed by atoms with Crippen LogP contribution >= 0.6 is 11.8 Å². The maximum Gasteiger partial charge on any atom is 0.0474 e. The average Bonchev–Trinajstić information content (AvgIpc) is 2.78. The second-order valence-corrected chi connectivity index (χ2v) is 7.74. The van der Waals surface area contributed by atoms with Crippen molar-refractivity contribution >= 4 is 11.8 Å². The fourth-order valence-electron chi connectivity index (χ4n) is 3.45. The largest absolute Gasteiger partial charge is 0.329 e. The van der Waals surface area contributed by atoms with E-state index in [1.165, 1.54) is 25.3 Å². The van der Waals surface area contributed by atoms with E-state index >= 15 is 0 Å². The number of nitrogens with two attached hydrogens (primary N) is 1. The molecule has 0 spiro atoms. The maximum absolute atomic E-state index is 6.19. The minimum Gasteiger partial charge on any atom is -0.329 e. The van der Waals surface area contributed by atoms with Crippen LogP contribution in [-0.2, 0) is 0 Å². The minimum absolute atomic E-state index is 0.235. The molecule has 0 aromatic heterocycles. The molecule has 4 heteroatoms. The number of hydrogen-bond acceptors (Lipinski definition) is 4. The monoisotopic (exact) mass is 271 g/mol. The van der Waals surface area contributed by atoms with E-state index in [2.05, 4.69) is 49.3 Å². The highest BCUT2D eigenvalue weighted by atomic mass is 32.2. The molecule has 0 saturated carbocycles. The Morgan fingerprint density at radius 2 is 2.06 bits per heavy atom. The third-order valence-corrected chi connectivity index (χ3v) is 6.30. The van der Waals surface area contributed by atoms with Crippen molar-refractivity contribution in [3.05, 3.63) is 0 Å². The maximum atomic E-state index is 6.19. The molecule has 2 saturated heterocycles. The van der Waals surface area contributed by atoms with Gasteiger partial charge in [-0.3, -0.25) is 9.80 Å². The molecule has 106 valence electrons. The van der Waals surface area contributed by atoms with Crippen molar-refractivity contribution in [2.75, 3.05) is 31.9 Å². The van der Waals surface area contributed by atoms with E-state index in [-0.39, 0.29) is 5.54 Å². The molecule has 0 aliphatic carbocycles. The van der Waals surface area contributed by atoms with Crippen molar-refractivity contribution in [1.82, 2.24) is 9.80 Å². The van der Waals surface area contributed by atoms with Gasteiger partial charge in [0.25, 0.3) is 0 Å². The lowest BCUT2D eigenvalue weighted by Gasteiger charge is -2.49. The van der Waals surface area contributed by atoms with E-state index in [9.17, 15) is 0 Å². The van der Waals surface area contributed by atoms with Crippen molar-refractivity contribution in [3.8, 4) is 0 Å². The third-order valence-electron chi connectivity index (χ3n) is 4.97. The van der Waals surface area contributed by atoms with Gasteiger partial charge in [-0.25, -0.2) is 0 Å². The molecule has 3 nitrogen and oxygen atoms in total. The van der Waals surface area contributed by atoms with Crippen LogP contribution in [0.5, 0.6) is 0 Å². The van der Waals surface area contributed by atoms with Crippen LogP contribution in [0.3, 0.4) is 0 Å². The van der Waals surface area contributed by atoms with Crippen LogP contribution in [0.2, 0.25) is 0 Å². The van der Waals surface area contributed by atoms with Crippen LogP contribution in [0.1, 0.15) is 34.1 Å². The summed E-state index contributed by atoms with van der Waals surface area (Å²) < 4.78 is 0. The van der Waals surface area contributed by atoms with Crippen molar-refractivity contribution in [2.45, 2.75) is 57.0 Å². The molecular formula is C14H29N3S.